The number of aromatic nitrogens is 8. The van der Waals surface area contributed by atoms with Crippen LogP contribution in [-0.4, -0.2) is 118 Å². The molecule has 0 saturated carbocycles. The van der Waals surface area contributed by atoms with E-state index in [0.29, 0.717) is 5.56 Å². The van der Waals surface area contributed by atoms with E-state index in [1.165, 1.54) is 17.0 Å². The Morgan fingerprint density at radius 3 is 2.47 bits per heavy atom. The van der Waals surface area contributed by atoms with Crippen molar-refractivity contribution in [3.63, 3.8) is 0 Å². The Morgan fingerprint density at radius 1 is 1.04 bits per heavy atom. The highest BCUT2D eigenvalue weighted by molar-refractivity contribution is 7.64. The number of aliphatic hydroxyl groups excluding tert-OH is 5. The molecule has 1 aromatic carbocycles. The fraction of sp³-hybridized carbons (Fsp3) is 0.423. The number of aryl methyl sites for hydroxylation is 2. The Balaban J connectivity index is 1.14. The molecule has 0 radical (unpaired) electrons. The molecule has 1 fully saturated rings. The summed E-state index contributed by atoms with van der Waals surface area (Å²) >= 11 is 0. The first-order valence-electron chi connectivity index (χ1n) is 14.8. The molecule has 2 aromatic heterocycles. The molecule has 51 heavy (non-hydrogen) atoms. The number of phosphoric ester groups is 1. The maximum atomic E-state index is 12.9. The van der Waals surface area contributed by atoms with Gasteiger partial charge in [0.05, 0.1) is 30.1 Å². The average molecular weight is 756 g/mol. The van der Waals surface area contributed by atoms with Crippen LogP contribution in [0.1, 0.15) is 23.6 Å². The minimum Gasteiger partial charge on any atom is -0.388 e. The van der Waals surface area contributed by atoms with Gasteiger partial charge in [-0.3, -0.25) is 28.0 Å². The highest BCUT2D eigenvalue weighted by Gasteiger charge is 2.48. The van der Waals surface area contributed by atoms with Gasteiger partial charge in [-0.05, 0) is 37.1 Å². The second kappa shape index (κ2) is 13.5. The van der Waals surface area contributed by atoms with Crippen LogP contribution in [-0.2, 0) is 22.7 Å². The summed E-state index contributed by atoms with van der Waals surface area (Å²) in [6, 6.07) is 3.09. The summed E-state index contributed by atoms with van der Waals surface area (Å²) in [6.45, 7) is 2.19. The molecule has 5 heterocycles. The molecule has 2 unspecified atom stereocenters. The average Bonchev–Trinajstić information content (AvgIpc) is 3.59. The number of imidazole rings is 1. The quantitative estimate of drug-likeness (QED) is 0.0509. The number of H-pyrrole nitrogens is 1. The molecule has 3 aliphatic rings. The van der Waals surface area contributed by atoms with E-state index in [0.717, 1.165) is 16.5 Å². The molecule has 0 spiro atoms. The summed E-state index contributed by atoms with van der Waals surface area (Å²) in [5, 5.41) is 53.8. The second-order valence-corrected chi connectivity index (χ2v) is 15.2. The molecule has 6 rings (SSSR count). The predicted molar refractivity (Wildman–Crippen MR) is 171 cm³/mol. The highest BCUT2D eigenvalue weighted by atomic mass is 31.3. The van der Waals surface area contributed by atoms with Crippen LogP contribution >= 0.6 is 15.4 Å². The van der Waals surface area contributed by atoms with Crippen LogP contribution < -0.4 is 17.0 Å². The van der Waals surface area contributed by atoms with E-state index in [-0.39, 0.29) is 33.7 Å². The van der Waals surface area contributed by atoms with Gasteiger partial charge in [0, 0.05) is 0 Å². The van der Waals surface area contributed by atoms with Crippen molar-refractivity contribution < 1.29 is 58.0 Å². The number of aromatic amines is 1. The van der Waals surface area contributed by atoms with Crippen LogP contribution in [0.2, 0.25) is 0 Å². The number of ether oxygens (including phenoxy) is 1. The summed E-state index contributed by atoms with van der Waals surface area (Å²) in [4.78, 5) is 66.9. The molecular weight excluding hydrogens is 724 g/mol. The Bertz CT molecular complexity index is 2320. The summed E-state index contributed by atoms with van der Waals surface area (Å²) in [6.07, 6.45) is -12.0. The van der Waals surface area contributed by atoms with Gasteiger partial charge in [0.1, 0.15) is 42.4 Å². The molecule has 3 aromatic rings. The number of phosphoric acid groups is 1. The minimum absolute atomic E-state index is 0.0113. The van der Waals surface area contributed by atoms with Crippen molar-refractivity contribution in [3.05, 3.63) is 56.8 Å². The molecule has 1 saturated heterocycles. The van der Waals surface area contributed by atoms with Crippen LogP contribution in [0.15, 0.2) is 34.4 Å². The number of nitrogens with zero attached hydrogens (tertiary/aromatic N) is 7. The zero-order valence-corrected chi connectivity index (χ0v) is 28.1. The van der Waals surface area contributed by atoms with E-state index in [2.05, 4.69) is 33.8 Å². The highest BCUT2D eigenvalue weighted by Crippen LogP contribution is 2.61. The Morgan fingerprint density at radius 2 is 1.75 bits per heavy atom. The number of hydrogen-bond donors (Lipinski definition) is 9. The van der Waals surface area contributed by atoms with Crippen LogP contribution in [0.3, 0.4) is 0 Å². The summed E-state index contributed by atoms with van der Waals surface area (Å²) in [5.41, 5.74) is 5.23. The van der Waals surface area contributed by atoms with E-state index in [9.17, 15) is 54.0 Å². The maximum Gasteiger partial charge on any atom is 0.479 e. The maximum absolute atomic E-state index is 12.9. The minimum atomic E-state index is -5.53. The third-order valence-electron chi connectivity index (χ3n) is 8.18. The summed E-state index contributed by atoms with van der Waals surface area (Å²) in [5.74, 6) is -0.448. The first kappa shape index (κ1) is 36.7. The van der Waals surface area contributed by atoms with Gasteiger partial charge in [-0.1, -0.05) is 0 Å². The van der Waals surface area contributed by atoms with Crippen molar-refractivity contribution in [2.45, 2.75) is 56.8 Å². The van der Waals surface area contributed by atoms with Crippen molar-refractivity contribution in [2.75, 3.05) is 18.5 Å². The number of aliphatic hydroxyl groups is 5. The molecule has 10 N–H and O–H groups in total. The molecular formula is C26H31N9O14P2. The zero-order chi connectivity index (χ0) is 37.2. The lowest BCUT2D eigenvalue weighted by molar-refractivity contribution is -0.101. The number of rotatable bonds is 11. The fourth-order valence-electron chi connectivity index (χ4n) is 5.51. The number of benzene rings is 1. The Hall–Kier alpha value is -4.09. The van der Waals surface area contributed by atoms with Gasteiger partial charge in [0.2, 0.25) is 0 Å². The van der Waals surface area contributed by atoms with Gasteiger partial charge in [-0.2, -0.15) is 4.98 Å². The van der Waals surface area contributed by atoms with Gasteiger partial charge in [0.25, 0.3) is 5.56 Å². The van der Waals surface area contributed by atoms with Crippen molar-refractivity contribution in [1.29, 1.82) is 0 Å². The smallest absolute Gasteiger partial charge is 0.388 e. The monoisotopic (exact) mass is 755 g/mol. The number of nitrogen functional groups attached to an aromatic ring is 1. The number of hydrogen-bond acceptors (Lipinski definition) is 18. The van der Waals surface area contributed by atoms with E-state index in [4.69, 9.17) is 10.5 Å². The number of nitrogens with two attached hydrogens (primary N) is 1. The van der Waals surface area contributed by atoms with E-state index in [1.54, 1.807) is 19.9 Å². The lowest BCUT2D eigenvalue weighted by atomic mass is 10.1. The third kappa shape index (κ3) is 7.07. The number of nitrogens with one attached hydrogen (secondary N) is 1. The number of anilines is 1. The van der Waals surface area contributed by atoms with Crippen molar-refractivity contribution in [2.24, 2.45) is 0 Å². The lowest BCUT2D eigenvalue weighted by Gasteiger charge is -2.28. The standard InChI is InChI=1S/C26H31N9O14P2/c1-9-3-11-12(4-10(9)2)35(22-16(31-11)23(40)33-26(42)32-22)24(41)17(37)13(36)5-47-51(45,46)49-50(43,44)6-14-18(38)19(39)25(48-14)34-8-30-15-20(27)28-7-29-21(15)34/h3-4,7-8,13-14,17-19,24-25,36-39,41H,5-6H2,1-2H3,(H,43,44)(H,45,46)(H2,27,28,29)(H,33,40,42)/t13-,14-,17-,18-,19-,24-,25-/m1/s1. The van der Waals surface area contributed by atoms with Crippen molar-refractivity contribution in [1.82, 2.24) is 39.0 Å². The summed E-state index contributed by atoms with van der Waals surface area (Å²) in [7, 11) is -10.7. The van der Waals surface area contributed by atoms with E-state index >= 15 is 0 Å². The number of fused-ring (bicyclic) bond motifs is 3. The van der Waals surface area contributed by atoms with E-state index in [1.807, 2.05) is 4.98 Å². The van der Waals surface area contributed by atoms with Crippen molar-refractivity contribution in [3.8, 4) is 11.5 Å². The second-order valence-electron chi connectivity index (χ2n) is 11.7. The zero-order valence-electron chi connectivity index (χ0n) is 26.4. The Kier molecular flexibility index (Phi) is 9.69. The molecule has 3 aliphatic heterocycles. The van der Waals surface area contributed by atoms with Crippen LogP contribution in [0.4, 0.5) is 5.82 Å². The van der Waals surface area contributed by atoms with Crippen molar-refractivity contribution >= 4 is 43.4 Å². The molecule has 25 heteroatoms. The first-order chi connectivity index (χ1) is 23.9. The van der Waals surface area contributed by atoms with Gasteiger partial charge in [-0.25, -0.2) is 33.6 Å². The lowest BCUT2D eigenvalue weighted by Crippen LogP contribution is -2.40. The SMILES string of the molecule is Cc1cc2nc3c(=O)[nH]c(=O)nc-3n([C@H](O)[C@H](O)[C@H](O)COP(=O)(O)OP(=O)(O)C[C@H]3O[C@@H](n4cnc5c(N)ncnc54)[C@H](O)[C@@H]3O)c2cc1C. The van der Waals surface area contributed by atoms with Crippen LogP contribution in [0, 0.1) is 13.8 Å². The normalized spacial score (nSPS) is 23.7. The van der Waals surface area contributed by atoms with Gasteiger partial charge in [-0.15, -0.1) is 0 Å². The van der Waals surface area contributed by atoms with Gasteiger partial charge in [0.15, 0.2) is 35.4 Å². The summed E-state index contributed by atoms with van der Waals surface area (Å²) < 4.78 is 42.3. The predicted octanol–water partition coefficient (Wildman–Crippen LogP) is -2.23. The van der Waals surface area contributed by atoms with Crippen LogP contribution in [0.25, 0.3) is 33.7 Å². The third-order valence-corrected chi connectivity index (χ3v) is 11.3. The molecule has 0 amide bonds. The molecule has 274 valence electrons. The molecule has 9 atom stereocenters. The molecule has 0 aliphatic carbocycles. The van der Waals surface area contributed by atoms with Crippen LogP contribution in [0.5, 0.6) is 0 Å². The first-order valence-corrected chi connectivity index (χ1v) is 18.1. The largest absolute Gasteiger partial charge is 0.479 e. The molecule has 23 nitrogen and oxygen atoms in total. The van der Waals surface area contributed by atoms with Gasteiger partial charge >= 0.3 is 21.1 Å². The van der Waals surface area contributed by atoms with E-state index < -0.39 is 88.2 Å². The topological polar surface area (TPSA) is 354 Å². The fourth-order valence-corrected chi connectivity index (χ4v) is 8.35. The van der Waals surface area contributed by atoms with Gasteiger partial charge < -0.3 is 45.8 Å². The Labute approximate surface area is 284 Å². The molecule has 0 bridgehead atoms.